The highest BCUT2D eigenvalue weighted by atomic mass is 35.5. The second-order valence-corrected chi connectivity index (χ2v) is 5.61. The lowest BCUT2D eigenvalue weighted by molar-refractivity contribution is 0.305. The predicted molar refractivity (Wildman–Crippen MR) is 85.8 cm³/mol. The molecule has 1 atom stereocenters. The molecule has 114 valence electrons. The smallest absolute Gasteiger partial charge is 0.129 e. The van der Waals surface area contributed by atoms with Crippen molar-refractivity contribution in [2.45, 2.75) is 26.2 Å². The number of hydrogen-bond acceptors (Lipinski definition) is 2. The molecule has 2 aromatic rings. The quantitative estimate of drug-likeness (QED) is 0.762. The lowest BCUT2D eigenvalue weighted by Crippen LogP contribution is -2.07. The summed E-state index contributed by atoms with van der Waals surface area (Å²) in [6.07, 6.45) is 0.379. The monoisotopic (exact) mass is 317 g/mol. The first-order valence-corrected chi connectivity index (χ1v) is 7.44. The Morgan fingerprint density at radius 2 is 2.00 bits per heavy atom. The second kappa shape index (κ2) is 7.29. The molecule has 4 heteroatoms. The van der Waals surface area contributed by atoms with Gasteiger partial charge in [0, 0.05) is 17.0 Å². The summed E-state index contributed by atoms with van der Waals surface area (Å²) in [7, 11) is 0. The molecule has 1 unspecified atom stereocenters. The van der Waals surface area contributed by atoms with Gasteiger partial charge < -0.3 is 4.74 Å². The van der Waals surface area contributed by atoms with E-state index in [1.54, 1.807) is 6.07 Å². The SMILES string of the molecule is Cc1ccc(OCCC(C#N)c2c(F)cccc2Cl)cc1C. The molecule has 0 fully saturated rings. The van der Waals surface area contributed by atoms with E-state index in [4.69, 9.17) is 16.3 Å². The van der Waals surface area contributed by atoms with Crippen LogP contribution in [0.5, 0.6) is 5.75 Å². The minimum absolute atomic E-state index is 0.246. The highest BCUT2D eigenvalue weighted by molar-refractivity contribution is 6.31. The molecule has 0 aromatic heterocycles. The van der Waals surface area contributed by atoms with Gasteiger partial charge in [-0.25, -0.2) is 4.39 Å². The van der Waals surface area contributed by atoms with Gasteiger partial charge in [-0.1, -0.05) is 23.7 Å². The van der Waals surface area contributed by atoms with Crippen LogP contribution in [0.4, 0.5) is 4.39 Å². The lowest BCUT2D eigenvalue weighted by atomic mass is 9.97. The van der Waals surface area contributed by atoms with Crippen LogP contribution in [0.2, 0.25) is 5.02 Å². The zero-order valence-electron chi connectivity index (χ0n) is 12.6. The van der Waals surface area contributed by atoms with E-state index in [-0.39, 0.29) is 10.6 Å². The first-order chi connectivity index (χ1) is 10.5. The summed E-state index contributed by atoms with van der Waals surface area (Å²) in [5.41, 5.74) is 2.59. The summed E-state index contributed by atoms with van der Waals surface area (Å²) < 4.78 is 19.5. The number of rotatable bonds is 5. The number of aryl methyl sites for hydroxylation is 2. The predicted octanol–water partition coefficient (Wildman–Crippen LogP) is 5.17. The average Bonchev–Trinajstić information content (AvgIpc) is 2.49. The fourth-order valence-electron chi connectivity index (χ4n) is 2.22. The standard InChI is InChI=1S/C18H17ClFNO/c1-12-6-7-15(10-13(12)2)22-9-8-14(11-21)18-16(19)4-3-5-17(18)20/h3-7,10,14H,8-9H2,1-2H3. The normalized spacial score (nSPS) is 11.8. The minimum Gasteiger partial charge on any atom is -0.494 e. The van der Waals surface area contributed by atoms with Crippen LogP contribution in [-0.2, 0) is 0 Å². The van der Waals surface area contributed by atoms with Gasteiger partial charge in [-0.2, -0.15) is 5.26 Å². The molecule has 0 spiro atoms. The molecule has 0 bridgehead atoms. The zero-order valence-corrected chi connectivity index (χ0v) is 13.3. The summed E-state index contributed by atoms with van der Waals surface area (Å²) in [6.45, 7) is 4.37. The van der Waals surface area contributed by atoms with Gasteiger partial charge in [0.2, 0.25) is 0 Å². The molecular formula is C18H17ClFNO. The van der Waals surface area contributed by atoms with E-state index < -0.39 is 11.7 Å². The Balaban J connectivity index is 2.03. The Labute approximate surface area is 135 Å². The maximum Gasteiger partial charge on any atom is 0.129 e. The Hall–Kier alpha value is -2.05. The summed E-state index contributed by atoms with van der Waals surface area (Å²) >= 11 is 6.01. The van der Waals surface area contributed by atoms with Crippen LogP contribution in [0.25, 0.3) is 0 Å². The summed E-state index contributed by atoms with van der Waals surface area (Å²) in [5.74, 6) is -0.329. The number of benzene rings is 2. The maximum absolute atomic E-state index is 13.9. The number of nitriles is 1. The molecule has 0 radical (unpaired) electrons. The molecule has 0 aliphatic carbocycles. The van der Waals surface area contributed by atoms with Gasteiger partial charge >= 0.3 is 0 Å². The van der Waals surface area contributed by atoms with Gasteiger partial charge in [-0.15, -0.1) is 0 Å². The van der Waals surface area contributed by atoms with Gasteiger partial charge in [0.25, 0.3) is 0 Å². The summed E-state index contributed by atoms with van der Waals surface area (Å²) in [4.78, 5) is 0. The van der Waals surface area contributed by atoms with E-state index in [1.165, 1.54) is 17.7 Å². The Kier molecular flexibility index (Phi) is 5.41. The van der Waals surface area contributed by atoms with Crippen molar-refractivity contribution in [3.8, 4) is 11.8 Å². The van der Waals surface area contributed by atoms with E-state index in [9.17, 15) is 9.65 Å². The fraction of sp³-hybridized carbons (Fsp3) is 0.278. The molecular weight excluding hydrogens is 301 g/mol. The van der Waals surface area contributed by atoms with Crippen molar-refractivity contribution in [2.75, 3.05) is 6.61 Å². The van der Waals surface area contributed by atoms with Crippen LogP contribution < -0.4 is 4.74 Å². The third-order valence-electron chi connectivity index (χ3n) is 3.66. The summed E-state index contributed by atoms with van der Waals surface area (Å²) in [5, 5.41) is 9.55. The third-order valence-corrected chi connectivity index (χ3v) is 3.99. The number of ether oxygens (including phenoxy) is 1. The molecule has 0 aliphatic heterocycles. The van der Waals surface area contributed by atoms with E-state index in [1.807, 2.05) is 32.0 Å². The molecule has 2 nitrogen and oxygen atoms in total. The first kappa shape index (κ1) is 16.3. The number of nitrogens with zero attached hydrogens (tertiary/aromatic N) is 1. The molecule has 0 heterocycles. The molecule has 0 saturated carbocycles. The maximum atomic E-state index is 13.9. The molecule has 0 N–H and O–H groups in total. The van der Waals surface area contributed by atoms with E-state index >= 15 is 0 Å². The minimum atomic E-state index is -0.625. The van der Waals surface area contributed by atoms with Gasteiger partial charge in [0.15, 0.2) is 0 Å². The number of halogens is 2. The van der Waals surface area contributed by atoms with Crippen molar-refractivity contribution in [1.29, 1.82) is 5.26 Å². The molecule has 0 saturated heterocycles. The zero-order chi connectivity index (χ0) is 16.1. The van der Waals surface area contributed by atoms with Crippen molar-refractivity contribution in [3.05, 3.63) is 63.9 Å². The van der Waals surface area contributed by atoms with Crippen LogP contribution in [-0.4, -0.2) is 6.61 Å². The topological polar surface area (TPSA) is 33.0 Å². The van der Waals surface area contributed by atoms with Crippen LogP contribution >= 0.6 is 11.6 Å². The van der Waals surface area contributed by atoms with Crippen molar-refractivity contribution >= 4 is 11.6 Å². The Morgan fingerprint density at radius 1 is 1.23 bits per heavy atom. The Bertz CT molecular complexity index is 688. The highest BCUT2D eigenvalue weighted by Gasteiger charge is 2.18. The largest absolute Gasteiger partial charge is 0.494 e. The number of hydrogen-bond donors (Lipinski definition) is 0. The van der Waals surface area contributed by atoms with Crippen LogP contribution in [0, 0.1) is 31.0 Å². The highest BCUT2D eigenvalue weighted by Crippen LogP contribution is 2.29. The fourth-order valence-corrected chi connectivity index (χ4v) is 2.51. The first-order valence-electron chi connectivity index (χ1n) is 7.06. The summed E-state index contributed by atoms with van der Waals surface area (Å²) in [6, 6.07) is 12.4. The van der Waals surface area contributed by atoms with Crippen molar-refractivity contribution in [2.24, 2.45) is 0 Å². The third kappa shape index (κ3) is 3.78. The van der Waals surface area contributed by atoms with Crippen molar-refractivity contribution in [1.82, 2.24) is 0 Å². The molecule has 2 rings (SSSR count). The molecule has 2 aromatic carbocycles. The van der Waals surface area contributed by atoms with Crippen LogP contribution in [0.3, 0.4) is 0 Å². The molecule has 22 heavy (non-hydrogen) atoms. The van der Waals surface area contributed by atoms with Crippen LogP contribution in [0.1, 0.15) is 29.0 Å². The van der Waals surface area contributed by atoms with E-state index in [0.29, 0.717) is 13.0 Å². The van der Waals surface area contributed by atoms with E-state index in [0.717, 1.165) is 11.3 Å². The average molecular weight is 318 g/mol. The van der Waals surface area contributed by atoms with Crippen LogP contribution in [0.15, 0.2) is 36.4 Å². The van der Waals surface area contributed by atoms with E-state index in [2.05, 4.69) is 6.07 Å². The molecule has 0 amide bonds. The van der Waals surface area contributed by atoms with Gasteiger partial charge in [0.05, 0.1) is 18.6 Å². The van der Waals surface area contributed by atoms with Crippen molar-refractivity contribution < 1.29 is 9.13 Å². The van der Waals surface area contributed by atoms with Gasteiger partial charge in [0.1, 0.15) is 11.6 Å². The second-order valence-electron chi connectivity index (χ2n) is 5.20. The van der Waals surface area contributed by atoms with Gasteiger partial charge in [-0.3, -0.25) is 0 Å². The van der Waals surface area contributed by atoms with Crippen molar-refractivity contribution in [3.63, 3.8) is 0 Å². The Morgan fingerprint density at radius 3 is 2.64 bits per heavy atom. The lowest BCUT2D eigenvalue weighted by Gasteiger charge is -2.13. The van der Waals surface area contributed by atoms with Gasteiger partial charge in [-0.05, 0) is 49.2 Å². The molecule has 0 aliphatic rings.